The molecule has 14 heavy (non-hydrogen) atoms. The average molecular weight is 190 g/mol. The highest BCUT2D eigenvalue weighted by atomic mass is 16.5. The first-order chi connectivity index (χ1) is 6.72. The number of aromatic nitrogens is 1. The lowest BCUT2D eigenvalue weighted by Gasteiger charge is -1.98. The smallest absolute Gasteiger partial charge is 0.0733 e. The first kappa shape index (κ1) is 9.09. The van der Waals surface area contributed by atoms with Crippen LogP contribution in [0.2, 0.25) is 0 Å². The minimum atomic E-state index is 0.626. The van der Waals surface area contributed by atoms with Crippen LogP contribution in [0.5, 0.6) is 0 Å². The molecule has 1 aromatic carbocycles. The zero-order chi connectivity index (χ0) is 10.1. The Hall–Kier alpha value is -1.48. The van der Waals surface area contributed by atoms with Crippen molar-refractivity contribution in [3.8, 4) is 0 Å². The van der Waals surface area contributed by atoms with Gasteiger partial charge in [-0.3, -0.25) is 0 Å². The van der Waals surface area contributed by atoms with Crippen molar-refractivity contribution in [2.45, 2.75) is 6.61 Å². The van der Waals surface area contributed by atoms with Crippen molar-refractivity contribution in [1.82, 2.24) is 4.57 Å². The SMILES string of the molecule is COCc1cn(C)c2ccc(N)cc12. The van der Waals surface area contributed by atoms with E-state index in [2.05, 4.69) is 10.8 Å². The number of nitrogens with zero attached hydrogens (tertiary/aromatic N) is 1. The van der Waals surface area contributed by atoms with Crippen molar-refractivity contribution in [3.63, 3.8) is 0 Å². The van der Waals surface area contributed by atoms with Crippen molar-refractivity contribution in [1.29, 1.82) is 0 Å². The molecule has 0 bridgehead atoms. The molecular weight excluding hydrogens is 176 g/mol. The Labute approximate surface area is 83.1 Å². The van der Waals surface area contributed by atoms with Gasteiger partial charge in [-0.25, -0.2) is 0 Å². The number of aryl methyl sites for hydroxylation is 1. The highest BCUT2D eigenvalue weighted by Crippen LogP contribution is 2.23. The lowest BCUT2D eigenvalue weighted by molar-refractivity contribution is 0.186. The monoisotopic (exact) mass is 190 g/mol. The van der Waals surface area contributed by atoms with Crippen molar-refractivity contribution in [2.75, 3.05) is 12.8 Å². The number of hydrogen-bond acceptors (Lipinski definition) is 2. The van der Waals surface area contributed by atoms with Gasteiger partial charge in [0.1, 0.15) is 0 Å². The summed E-state index contributed by atoms with van der Waals surface area (Å²) in [6, 6.07) is 5.94. The Bertz CT molecular complexity index is 460. The summed E-state index contributed by atoms with van der Waals surface area (Å²) < 4.78 is 7.22. The number of rotatable bonds is 2. The number of ether oxygens (including phenoxy) is 1. The largest absolute Gasteiger partial charge is 0.399 e. The zero-order valence-corrected chi connectivity index (χ0v) is 8.45. The maximum absolute atomic E-state index is 5.75. The summed E-state index contributed by atoms with van der Waals surface area (Å²) in [5.41, 5.74) is 8.91. The van der Waals surface area contributed by atoms with Crippen LogP contribution < -0.4 is 5.73 Å². The standard InChI is InChI=1S/C11H14N2O/c1-13-6-8(7-14-2)10-5-9(12)3-4-11(10)13/h3-6H,7,12H2,1-2H3. The summed E-state index contributed by atoms with van der Waals surface area (Å²) in [6.45, 7) is 0.626. The number of fused-ring (bicyclic) bond motifs is 1. The minimum absolute atomic E-state index is 0.626. The van der Waals surface area contributed by atoms with E-state index in [4.69, 9.17) is 10.5 Å². The van der Waals surface area contributed by atoms with Gasteiger partial charge in [0.05, 0.1) is 6.61 Å². The van der Waals surface area contributed by atoms with Gasteiger partial charge in [0.25, 0.3) is 0 Å². The van der Waals surface area contributed by atoms with Crippen LogP contribution in [0.4, 0.5) is 5.69 Å². The number of nitrogens with two attached hydrogens (primary N) is 1. The van der Waals surface area contributed by atoms with Gasteiger partial charge in [-0.2, -0.15) is 0 Å². The van der Waals surface area contributed by atoms with E-state index in [1.807, 2.05) is 25.2 Å². The van der Waals surface area contributed by atoms with Crippen molar-refractivity contribution in [2.24, 2.45) is 7.05 Å². The fraction of sp³-hybridized carbons (Fsp3) is 0.273. The molecular formula is C11H14N2O. The third-order valence-electron chi connectivity index (χ3n) is 2.40. The molecule has 0 amide bonds. The third-order valence-corrected chi connectivity index (χ3v) is 2.40. The topological polar surface area (TPSA) is 40.2 Å². The van der Waals surface area contributed by atoms with Gasteiger partial charge in [0.2, 0.25) is 0 Å². The first-order valence-electron chi connectivity index (χ1n) is 4.54. The van der Waals surface area contributed by atoms with Gasteiger partial charge in [0, 0.05) is 42.5 Å². The summed E-state index contributed by atoms with van der Waals surface area (Å²) in [5, 5.41) is 1.18. The van der Waals surface area contributed by atoms with Gasteiger partial charge < -0.3 is 15.0 Å². The van der Waals surface area contributed by atoms with Crippen molar-refractivity contribution >= 4 is 16.6 Å². The predicted octanol–water partition coefficient (Wildman–Crippen LogP) is 1.91. The Morgan fingerprint density at radius 2 is 2.21 bits per heavy atom. The molecule has 3 nitrogen and oxygen atoms in total. The molecule has 0 fully saturated rings. The Balaban J connectivity index is 2.66. The maximum atomic E-state index is 5.75. The number of hydrogen-bond donors (Lipinski definition) is 1. The second kappa shape index (κ2) is 3.35. The Kier molecular flexibility index (Phi) is 2.17. The first-order valence-corrected chi connectivity index (χ1v) is 4.54. The summed E-state index contributed by atoms with van der Waals surface area (Å²) >= 11 is 0. The summed E-state index contributed by atoms with van der Waals surface area (Å²) in [6.07, 6.45) is 2.08. The summed E-state index contributed by atoms with van der Waals surface area (Å²) in [7, 11) is 3.73. The lowest BCUT2D eigenvalue weighted by Crippen LogP contribution is -1.86. The fourth-order valence-electron chi connectivity index (χ4n) is 1.76. The molecule has 0 aliphatic carbocycles. The third kappa shape index (κ3) is 1.36. The molecule has 3 heteroatoms. The van der Waals surface area contributed by atoms with Crippen LogP contribution in [0.25, 0.3) is 10.9 Å². The van der Waals surface area contributed by atoms with E-state index in [-0.39, 0.29) is 0 Å². The zero-order valence-electron chi connectivity index (χ0n) is 8.45. The minimum Gasteiger partial charge on any atom is -0.399 e. The lowest BCUT2D eigenvalue weighted by atomic mass is 10.1. The highest BCUT2D eigenvalue weighted by Gasteiger charge is 2.05. The molecule has 0 saturated heterocycles. The van der Waals surface area contributed by atoms with Crippen LogP contribution in [-0.2, 0) is 18.4 Å². The summed E-state index contributed by atoms with van der Waals surface area (Å²) in [5.74, 6) is 0. The average Bonchev–Trinajstić information content (AvgIpc) is 2.44. The van der Waals surface area contributed by atoms with Crippen LogP contribution in [-0.4, -0.2) is 11.7 Å². The van der Waals surface area contributed by atoms with Gasteiger partial charge in [0.15, 0.2) is 0 Å². The van der Waals surface area contributed by atoms with Gasteiger partial charge in [-0.05, 0) is 18.2 Å². The molecule has 0 radical (unpaired) electrons. The van der Waals surface area contributed by atoms with Crippen molar-refractivity contribution < 1.29 is 4.74 Å². The van der Waals surface area contributed by atoms with Gasteiger partial charge in [-0.15, -0.1) is 0 Å². The van der Waals surface area contributed by atoms with Crippen molar-refractivity contribution in [3.05, 3.63) is 30.0 Å². The second-order valence-electron chi connectivity index (χ2n) is 3.47. The van der Waals surface area contributed by atoms with E-state index in [0.717, 1.165) is 5.69 Å². The van der Waals surface area contributed by atoms with E-state index in [9.17, 15) is 0 Å². The van der Waals surface area contributed by atoms with E-state index in [1.165, 1.54) is 16.5 Å². The molecule has 0 aliphatic heterocycles. The molecule has 0 atom stereocenters. The number of nitrogen functional groups attached to an aromatic ring is 1. The Morgan fingerprint density at radius 3 is 2.93 bits per heavy atom. The molecule has 2 aromatic rings. The van der Waals surface area contributed by atoms with E-state index >= 15 is 0 Å². The Morgan fingerprint density at radius 1 is 1.43 bits per heavy atom. The van der Waals surface area contributed by atoms with Crippen LogP contribution >= 0.6 is 0 Å². The molecule has 2 rings (SSSR count). The van der Waals surface area contributed by atoms with Crippen LogP contribution in [0.15, 0.2) is 24.4 Å². The quantitative estimate of drug-likeness (QED) is 0.735. The number of anilines is 1. The molecule has 0 spiro atoms. The predicted molar refractivity (Wildman–Crippen MR) is 58.0 cm³/mol. The van der Waals surface area contributed by atoms with Gasteiger partial charge >= 0.3 is 0 Å². The van der Waals surface area contributed by atoms with Crippen LogP contribution in [0.3, 0.4) is 0 Å². The van der Waals surface area contributed by atoms with E-state index < -0.39 is 0 Å². The molecule has 0 saturated carbocycles. The molecule has 1 aromatic heterocycles. The fourth-order valence-corrected chi connectivity index (χ4v) is 1.76. The highest BCUT2D eigenvalue weighted by molar-refractivity contribution is 5.86. The van der Waals surface area contributed by atoms with E-state index in [1.54, 1.807) is 7.11 Å². The molecule has 74 valence electrons. The normalized spacial score (nSPS) is 11.0. The maximum Gasteiger partial charge on any atom is 0.0733 e. The number of methoxy groups -OCH3 is 1. The second-order valence-corrected chi connectivity index (χ2v) is 3.47. The molecule has 0 aliphatic rings. The summed E-state index contributed by atoms with van der Waals surface area (Å²) in [4.78, 5) is 0. The molecule has 0 unspecified atom stereocenters. The van der Waals surface area contributed by atoms with Crippen LogP contribution in [0, 0.1) is 0 Å². The molecule has 2 N–H and O–H groups in total. The molecule has 1 heterocycles. The van der Waals surface area contributed by atoms with E-state index in [0.29, 0.717) is 6.61 Å². The number of benzene rings is 1. The van der Waals surface area contributed by atoms with Crippen LogP contribution in [0.1, 0.15) is 5.56 Å². The van der Waals surface area contributed by atoms with Gasteiger partial charge in [-0.1, -0.05) is 0 Å².